The zero-order chi connectivity index (χ0) is 31.9. The predicted octanol–water partition coefficient (Wildman–Crippen LogP) is 6.14. The van der Waals surface area contributed by atoms with Crippen LogP contribution in [0.5, 0.6) is 5.75 Å². The zero-order valence-electron chi connectivity index (χ0n) is 25.2. The van der Waals surface area contributed by atoms with E-state index in [0.29, 0.717) is 21.8 Å². The van der Waals surface area contributed by atoms with Gasteiger partial charge in [0.1, 0.15) is 30.0 Å². The topological polar surface area (TPSA) is 132 Å². The van der Waals surface area contributed by atoms with Gasteiger partial charge in [-0.25, -0.2) is 4.79 Å². The van der Waals surface area contributed by atoms with Crippen molar-refractivity contribution in [2.24, 2.45) is 0 Å². The Kier molecular flexibility index (Phi) is 10.8. The summed E-state index contributed by atoms with van der Waals surface area (Å²) in [4.78, 5) is 42.4. The molecule has 0 fully saturated rings. The van der Waals surface area contributed by atoms with E-state index in [2.05, 4.69) is 10.6 Å². The van der Waals surface area contributed by atoms with Crippen LogP contribution in [0.25, 0.3) is 0 Å². The SMILES string of the molecule is Cc1cc(C)cc(C(C(=O)Nc2c(C)cccc2Cl)N(CC#N)C(=O)C(Cc2ccc(O)cc2)NC(=O)OC(C)(C)C)c1. The maximum atomic E-state index is 14.3. The van der Waals surface area contributed by atoms with Crippen LogP contribution in [-0.2, 0) is 20.7 Å². The molecule has 2 unspecified atom stereocenters. The number of amides is 3. The number of hydrogen-bond donors (Lipinski definition) is 3. The molecule has 3 aromatic rings. The Balaban J connectivity index is 2.11. The molecule has 226 valence electrons. The lowest BCUT2D eigenvalue weighted by Gasteiger charge is -2.33. The second-order valence-electron chi connectivity index (χ2n) is 11.4. The number of alkyl carbamates (subject to hydrolysis) is 1. The fourth-order valence-corrected chi connectivity index (χ4v) is 4.98. The van der Waals surface area contributed by atoms with Crippen molar-refractivity contribution in [1.82, 2.24) is 10.2 Å². The molecule has 0 bridgehead atoms. The Morgan fingerprint density at radius 1 is 1.02 bits per heavy atom. The van der Waals surface area contributed by atoms with Crippen molar-refractivity contribution in [2.75, 3.05) is 11.9 Å². The smallest absolute Gasteiger partial charge is 0.408 e. The van der Waals surface area contributed by atoms with Crippen LogP contribution in [0.3, 0.4) is 0 Å². The minimum atomic E-state index is -1.25. The van der Waals surface area contributed by atoms with Gasteiger partial charge in [0.25, 0.3) is 5.91 Å². The molecule has 0 aliphatic carbocycles. The van der Waals surface area contributed by atoms with E-state index < -0.39 is 42.1 Å². The second-order valence-corrected chi connectivity index (χ2v) is 11.8. The van der Waals surface area contributed by atoms with E-state index >= 15 is 0 Å². The summed E-state index contributed by atoms with van der Waals surface area (Å²) in [5.41, 5.74) is 3.11. The number of benzene rings is 3. The molecule has 0 aliphatic rings. The van der Waals surface area contributed by atoms with Crippen LogP contribution < -0.4 is 10.6 Å². The number of rotatable bonds is 9. The Labute approximate surface area is 257 Å². The van der Waals surface area contributed by atoms with Crippen molar-refractivity contribution < 1.29 is 24.2 Å². The third-order valence-electron chi connectivity index (χ3n) is 6.48. The van der Waals surface area contributed by atoms with Crippen LogP contribution in [-0.4, -0.2) is 46.1 Å². The quantitative estimate of drug-likeness (QED) is 0.251. The highest BCUT2D eigenvalue weighted by Gasteiger charge is 2.37. The molecule has 0 heterocycles. The van der Waals surface area contributed by atoms with E-state index in [-0.39, 0.29) is 12.2 Å². The average Bonchev–Trinajstić information content (AvgIpc) is 2.89. The number of phenols is 1. The lowest BCUT2D eigenvalue weighted by Crippen LogP contribution is -2.53. The van der Waals surface area contributed by atoms with E-state index in [4.69, 9.17) is 16.3 Å². The number of aromatic hydroxyl groups is 1. The molecular weight excluding hydrogens is 568 g/mol. The Hall–Kier alpha value is -4.55. The third kappa shape index (κ3) is 9.22. The number of halogens is 1. The first kappa shape index (κ1) is 33.0. The van der Waals surface area contributed by atoms with Crippen LogP contribution in [0.1, 0.15) is 54.6 Å². The maximum absolute atomic E-state index is 14.3. The van der Waals surface area contributed by atoms with Crippen molar-refractivity contribution in [1.29, 1.82) is 5.26 Å². The number of ether oxygens (including phenoxy) is 1. The summed E-state index contributed by atoms with van der Waals surface area (Å²) in [5, 5.41) is 25.4. The van der Waals surface area contributed by atoms with Gasteiger partial charge in [0, 0.05) is 6.42 Å². The molecule has 2 atom stereocenters. The van der Waals surface area contributed by atoms with E-state index in [0.717, 1.165) is 21.6 Å². The van der Waals surface area contributed by atoms with Crippen molar-refractivity contribution >= 4 is 35.2 Å². The van der Waals surface area contributed by atoms with Gasteiger partial charge in [-0.05, 0) is 76.4 Å². The van der Waals surface area contributed by atoms with Gasteiger partial charge in [-0.15, -0.1) is 0 Å². The molecule has 0 spiro atoms. The first-order valence-electron chi connectivity index (χ1n) is 13.8. The van der Waals surface area contributed by atoms with Crippen molar-refractivity contribution in [2.45, 2.75) is 65.6 Å². The van der Waals surface area contributed by atoms with Crippen LogP contribution in [0.4, 0.5) is 10.5 Å². The first-order chi connectivity index (χ1) is 20.2. The zero-order valence-corrected chi connectivity index (χ0v) is 26.0. The van der Waals surface area contributed by atoms with Gasteiger partial charge >= 0.3 is 6.09 Å². The maximum Gasteiger partial charge on any atom is 0.408 e. The number of hydrogen-bond acceptors (Lipinski definition) is 6. The number of carbonyl (C=O) groups is 3. The number of nitriles is 1. The number of nitrogens with one attached hydrogen (secondary N) is 2. The number of carbonyl (C=O) groups excluding carboxylic acids is 3. The highest BCUT2D eigenvalue weighted by molar-refractivity contribution is 6.34. The minimum Gasteiger partial charge on any atom is -0.508 e. The lowest BCUT2D eigenvalue weighted by molar-refractivity contribution is -0.140. The predicted molar refractivity (Wildman–Crippen MR) is 166 cm³/mol. The van der Waals surface area contributed by atoms with Gasteiger partial charge in [0.2, 0.25) is 5.91 Å². The Bertz CT molecular complexity index is 1490. The van der Waals surface area contributed by atoms with Crippen molar-refractivity contribution in [3.63, 3.8) is 0 Å². The average molecular weight is 605 g/mol. The second kappa shape index (κ2) is 14.1. The number of para-hydroxylation sites is 1. The largest absolute Gasteiger partial charge is 0.508 e. The number of nitrogens with zero attached hydrogens (tertiary/aromatic N) is 2. The lowest BCUT2D eigenvalue weighted by atomic mass is 9.97. The summed E-state index contributed by atoms with van der Waals surface area (Å²) in [6, 6.07) is 16.4. The van der Waals surface area contributed by atoms with Gasteiger partial charge in [-0.2, -0.15) is 5.26 Å². The van der Waals surface area contributed by atoms with Gasteiger partial charge < -0.3 is 25.4 Å². The van der Waals surface area contributed by atoms with E-state index in [1.165, 1.54) is 12.1 Å². The standard InChI is InChI=1S/C33H37ClN4O5/c1-20-16-21(2)18-24(17-20)29(30(40)37-28-22(3)8-7-9-26(28)34)38(15-14-35)31(41)27(36-32(42)43-33(4,5)6)19-23-10-12-25(39)13-11-23/h7-13,16-18,27,29,39H,15,19H2,1-6H3,(H,36,42)(H,37,40). The monoisotopic (exact) mass is 604 g/mol. The fourth-order valence-electron chi connectivity index (χ4n) is 4.71. The van der Waals surface area contributed by atoms with Gasteiger partial charge in [0.15, 0.2) is 0 Å². The molecule has 3 rings (SSSR count). The molecule has 3 N–H and O–H groups in total. The number of aryl methyl sites for hydroxylation is 3. The summed E-state index contributed by atoms with van der Waals surface area (Å²) in [7, 11) is 0. The number of phenolic OH excluding ortho intramolecular Hbond substituents is 1. The third-order valence-corrected chi connectivity index (χ3v) is 6.79. The molecule has 0 aliphatic heterocycles. The first-order valence-corrected chi connectivity index (χ1v) is 14.2. The van der Waals surface area contributed by atoms with Gasteiger partial charge in [-0.1, -0.05) is 65.2 Å². The van der Waals surface area contributed by atoms with Crippen LogP contribution >= 0.6 is 11.6 Å². The van der Waals surface area contributed by atoms with E-state index in [1.54, 1.807) is 70.2 Å². The molecule has 43 heavy (non-hydrogen) atoms. The molecule has 0 saturated carbocycles. The van der Waals surface area contributed by atoms with Crippen molar-refractivity contribution in [3.05, 3.63) is 93.5 Å². The summed E-state index contributed by atoms with van der Waals surface area (Å²) in [6.45, 7) is 10.2. The molecule has 10 heteroatoms. The molecule has 0 saturated heterocycles. The molecule has 0 radical (unpaired) electrons. The Morgan fingerprint density at radius 3 is 2.21 bits per heavy atom. The van der Waals surface area contributed by atoms with Crippen LogP contribution in [0.15, 0.2) is 60.7 Å². The van der Waals surface area contributed by atoms with Gasteiger partial charge in [-0.3, -0.25) is 9.59 Å². The minimum absolute atomic E-state index is 0.00505. The molecule has 3 aromatic carbocycles. The normalized spacial score (nSPS) is 12.4. The highest BCUT2D eigenvalue weighted by atomic mass is 35.5. The van der Waals surface area contributed by atoms with E-state index in [9.17, 15) is 24.8 Å². The molecular formula is C33H37ClN4O5. The summed E-state index contributed by atoms with van der Waals surface area (Å²) in [6.07, 6.45) is -0.828. The summed E-state index contributed by atoms with van der Waals surface area (Å²) in [5.74, 6) is -1.21. The fraction of sp³-hybridized carbons (Fsp3) is 0.333. The summed E-state index contributed by atoms with van der Waals surface area (Å²) >= 11 is 6.41. The van der Waals surface area contributed by atoms with E-state index in [1.807, 2.05) is 26.0 Å². The molecule has 3 amide bonds. The number of anilines is 1. The highest BCUT2D eigenvalue weighted by Crippen LogP contribution is 2.30. The molecule has 9 nitrogen and oxygen atoms in total. The molecule has 0 aromatic heterocycles. The van der Waals surface area contributed by atoms with Crippen LogP contribution in [0, 0.1) is 32.1 Å². The summed E-state index contributed by atoms with van der Waals surface area (Å²) < 4.78 is 5.42. The van der Waals surface area contributed by atoms with Gasteiger partial charge in [0.05, 0.1) is 16.8 Å². The van der Waals surface area contributed by atoms with Crippen molar-refractivity contribution in [3.8, 4) is 11.8 Å². The Morgan fingerprint density at radius 2 is 1.65 bits per heavy atom. The van der Waals surface area contributed by atoms with Crippen LogP contribution in [0.2, 0.25) is 5.02 Å².